The van der Waals surface area contributed by atoms with Crippen molar-refractivity contribution in [2.24, 2.45) is 0 Å². The molecule has 0 saturated carbocycles. The highest BCUT2D eigenvalue weighted by molar-refractivity contribution is 5.71. The Morgan fingerprint density at radius 1 is 0.263 bits per heavy atom. The van der Waals surface area contributed by atoms with Crippen LogP contribution in [0, 0.1) is 0 Å². The van der Waals surface area contributed by atoms with Gasteiger partial charge in [0.1, 0.15) is 13.2 Å². The van der Waals surface area contributed by atoms with Gasteiger partial charge >= 0.3 is 17.9 Å². The third-order valence-electron chi connectivity index (χ3n) is 15.2. The molecule has 0 radical (unpaired) electrons. The van der Waals surface area contributed by atoms with Crippen LogP contribution in [0.25, 0.3) is 0 Å². The lowest BCUT2D eigenvalue weighted by Crippen LogP contribution is -2.30. The molecule has 0 saturated heterocycles. The summed E-state index contributed by atoms with van der Waals surface area (Å²) >= 11 is 0. The summed E-state index contributed by atoms with van der Waals surface area (Å²) in [5.74, 6) is -0.930. The van der Waals surface area contributed by atoms with Crippen LogP contribution in [-0.2, 0) is 28.6 Å². The fraction of sp³-hybridized carbons (Fsp3) is 0.770. The molecule has 0 aromatic rings. The normalized spacial score (nSPS) is 12.6. The molecule has 0 bridgehead atoms. The molecule has 0 rings (SSSR count). The van der Waals surface area contributed by atoms with Crippen LogP contribution < -0.4 is 0 Å². The molecule has 0 amide bonds. The van der Waals surface area contributed by atoms with Gasteiger partial charge in [0.2, 0.25) is 0 Å². The van der Waals surface area contributed by atoms with Gasteiger partial charge in [-0.1, -0.05) is 343 Å². The minimum atomic E-state index is -0.799. The van der Waals surface area contributed by atoms with Crippen LogP contribution in [0.15, 0.2) is 85.1 Å². The molecule has 0 aromatic heterocycles. The molecule has 1 unspecified atom stereocenters. The number of allylic oxidation sites excluding steroid dienone is 14. The summed E-state index contributed by atoms with van der Waals surface area (Å²) in [4.78, 5) is 38.4. The number of carbonyl (C=O) groups excluding carboxylic acids is 3. The van der Waals surface area contributed by atoms with Gasteiger partial charge in [-0.05, 0) is 70.6 Å². The largest absolute Gasteiger partial charge is 0.462 e. The van der Waals surface area contributed by atoms with Crippen LogP contribution >= 0.6 is 0 Å². The quantitative estimate of drug-likeness (QED) is 0.0261. The molecular weight excluding hydrogens is 985 g/mol. The van der Waals surface area contributed by atoms with Gasteiger partial charge in [0.05, 0.1) is 0 Å². The Morgan fingerprint density at radius 3 is 0.762 bits per heavy atom. The monoisotopic (exact) mass is 1110 g/mol. The van der Waals surface area contributed by atoms with Gasteiger partial charge in [0.15, 0.2) is 6.10 Å². The number of hydrogen-bond donors (Lipinski definition) is 0. The van der Waals surface area contributed by atoms with Crippen LogP contribution in [0.5, 0.6) is 0 Å². The molecule has 0 aliphatic rings. The molecule has 0 spiro atoms. The Labute approximate surface area is 496 Å². The first-order chi connectivity index (χ1) is 39.5. The second kappa shape index (κ2) is 68.1. The Bertz CT molecular complexity index is 1520. The standard InChI is InChI=1S/C74H130O6/c1-4-7-10-13-16-19-22-25-28-31-34-36-37-39-40-43-46-49-52-55-58-61-64-67-73(76)79-70-71(69-78-72(75)66-63-60-57-54-51-48-45-42-33-30-27-24-21-18-15-12-9-6-3)80-74(77)68-65-62-59-56-53-50-47-44-41-38-35-32-29-26-23-20-17-14-11-8-5-2/h7,10,16,19,25,28,34,36,39-40,46,49,55,58,71H,4-6,8-9,11-15,17-18,20-24,26-27,29-33,35,37-38,41-45,47-48,50-54,56-57,59-70H2,1-3H3/b10-7-,19-16-,28-25-,36-34-,40-39-,49-46-,58-55-. The van der Waals surface area contributed by atoms with Crippen LogP contribution in [-0.4, -0.2) is 37.2 Å². The van der Waals surface area contributed by atoms with E-state index in [1.165, 1.54) is 212 Å². The Kier molecular flexibility index (Phi) is 65.2. The van der Waals surface area contributed by atoms with E-state index >= 15 is 0 Å². The summed E-state index contributed by atoms with van der Waals surface area (Å²) in [5.41, 5.74) is 0. The maximum atomic E-state index is 13.0. The van der Waals surface area contributed by atoms with Crippen molar-refractivity contribution in [1.82, 2.24) is 0 Å². The molecule has 80 heavy (non-hydrogen) atoms. The summed E-state index contributed by atoms with van der Waals surface area (Å²) in [6.07, 6.45) is 90.3. The molecule has 6 nitrogen and oxygen atoms in total. The topological polar surface area (TPSA) is 78.9 Å². The van der Waals surface area contributed by atoms with Crippen LogP contribution in [0.4, 0.5) is 0 Å². The van der Waals surface area contributed by atoms with Gasteiger partial charge in [0, 0.05) is 19.3 Å². The Balaban J connectivity index is 4.43. The van der Waals surface area contributed by atoms with Crippen LogP contribution in [0.1, 0.15) is 348 Å². The minimum Gasteiger partial charge on any atom is -0.462 e. The molecule has 0 fully saturated rings. The van der Waals surface area contributed by atoms with Crippen LogP contribution in [0.2, 0.25) is 0 Å². The molecule has 0 aromatic carbocycles. The van der Waals surface area contributed by atoms with E-state index in [1.54, 1.807) is 0 Å². The van der Waals surface area contributed by atoms with E-state index in [1.807, 2.05) is 0 Å². The second-order valence-corrected chi connectivity index (χ2v) is 23.1. The molecule has 0 heterocycles. The smallest absolute Gasteiger partial charge is 0.306 e. The lowest BCUT2D eigenvalue weighted by molar-refractivity contribution is -0.167. The van der Waals surface area contributed by atoms with E-state index in [0.29, 0.717) is 19.3 Å². The highest BCUT2D eigenvalue weighted by Gasteiger charge is 2.19. The Hall–Kier alpha value is -3.41. The maximum absolute atomic E-state index is 13.0. The van der Waals surface area contributed by atoms with E-state index < -0.39 is 6.10 Å². The molecular formula is C74H130O6. The average molecular weight is 1120 g/mol. The van der Waals surface area contributed by atoms with E-state index in [2.05, 4.69) is 106 Å². The number of ether oxygens (including phenoxy) is 3. The van der Waals surface area contributed by atoms with Gasteiger partial charge in [-0.3, -0.25) is 14.4 Å². The summed E-state index contributed by atoms with van der Waals surface area (Å²) < 4.78 is 16.9. The fourth-order valence-electron chi connectivity index (χ4n) is 10.0. The first-order valence-electron chi connectivity index (χ1n) is 34.6. The number of carbonyl (C=O) groups is 3. The van der Waals surface area contributed by atoms with E-state index in [0.717, 1.165) is 89.9 Å². The van der Waals surface area contributed by atoms with Crippen LogP contribution in [0.3, 0.4) is 0 Å². The summed E-state index contributed by atoms with van der Waals surface area (Å²) in [7, 11) is 0. The third-order valence-corrected chi connectivity index (χ3v) is 15.2. The lowest BCUT2D eigenvalue weighted by atomic mass is 10.0. The molecule has 462 valence electrons. The number of rotatable bonds is 63. The predicted octanol–water partition coefficient (Wildman–Crippen LogP) is 23.8. The number of esters is 3. The van der Waals surface area contributed by atoms with Gasteiger partial charge < -0.3 is 14.2 Å². The van der Waals surface area contributed by atoms with Crippen molar-refractivity contribution >= 4 is 17.9 Å². The predicted molar refractivity (Wildman–Crippen MR) is 348 cm³/mol. The van der Waals surface area contributed by atoms with E-state index in [4.69, 9.17) is 14.2 Å². The zero-order chi connectivity index (χ0) is 57.8. The van der Waals surface area contributed by atoms with Crippen molar-refractivity contribution < 1.29 is 28.6 Å². The zero-order valence-corrected chi connectivity index (χ0v) is 53.1. The SMILES string of the molecule is CC/C=C\C/C=C\C/C=C\C/C=C\C/C=C\C/C=C\C/C=C\CCCC(=O)OCC(COC(=O)CCCCCCCCCCCCCCCCCCCC)OC(=O)CCCCCCCCCCCCCCCCCCCCCCC. The third kappa shape index (κ3) is 65.4. The van der Waals surface area contributed by atoms with Crippen molar-refractivity contribution in [2.45, 2.75) is 354 Å². The first kappa shape index (κ1) is 76.6. The molecule has 6 heteroatoms. The minimum absolute atomic E-state index is 0.0897. The van der Waals surface area contributed by atoms with Gasteiger partial charge in [-0.15, -0.1) is 0 Å². The van der Waals surface area contributed by atoms with Crippen molar-refractivity contribution in [1.29, 1.82) is 0 Å². The molecule has 0 aliphatic heterocycles. The highest BCUT2D eigenvalue weighted by Crippen LogP contribution is 2.18. The Morgan fingerprint density at radius 2 is 0.487 bits per heavy atom. The molecule has 0 aliphatic carbocycles. The van der Waals surface area contributed by atoms with Crippen molar-refractivity contribution in [3.8, 4) is 0 Å². The summed E-state index contributed by atoms with van der Waals surface area (Å²) in [6.45, 7) is 6.54. The van der Waals surface area contributed by atoms with Crippen molar-refractivity contribution in [3.05, 3.63) is 85.1 Å². The first-order valence-corrected chi connectivity index (χ1v) is 34.6. The van der Waals surface area contributed by atoms with Crippen molar-refractivity contribution in [3.63, 3.8) is 0 Å². The zero-order valence-electron chi connectivity index (χ0n) is 53.1. The van der Waals surface area contributed by atoms with E-state index in [9.17, 15) is 14.4 Å². The lowest BCUT2D eigenvalue weighted by Gasteiger charge is -2.18. The van der Waals surface area contributed by atoms with Gasteiger partial charge in [-0.2, -0.15) is 0 Å². The number of unbranched alkanes of at least 4 members (excludes halogenated alkanes) is 38. The molecule has 1 atom stereocenters. The summed E-state index contributed by atoms with van der Waals surface area (Å²) in [6, 6.07) is 0. The van der Waals surface area contributed by atoms with Gasteiger partial charge in [0.25, 0.3) is 0 Å². The van der Waals surface area contributed by atoms with Crippen molar-refractivity contribution in [2.75, 3.05) is 13.2 Å². The van der Waals surface area contributed by atoms with E-state index in [-0.39, 0.29) is 37.5 Å². The number of hydrogen-bond acceptors (Lipinski definition) is 6. The summed E-state index contributed by atoms with van der Waals surface area (Å²) in [5, 5.41) is 0. The fourth-order valence-corrected chi connectivity index (χ4v) is 10.0. The second-order valence-electron chi connectivity index (χ2n) is 23.1. The van der Waals surface area contributed by atoms with Gasteiger partial charge in [-0.25, -0.2) is 0 Å². The highest BCUT2D eigenvalue weighted by atomic mass is 16.6. The maximum Gasteiger partial charge on any atom is 0.306 e. The molecule has 0 N–H and O–H groups in total. The average Bonchev–Trinajstić information content (AvgIpc) is 3.46.